The van der Waals surface area contributed by atoms with E-state index in [1.54, 1.807) is 0 Å². The first kappa shape index (κ1) is 9.99. The van der Waals surface area contributed by atoms with Crippen molar-refractivity contribution in [3.63, 3.8) is 0 Å². The summed E-state index contributed by atoms with van der Waals surface area (Å²) in [6.45, 7) is 2.87. The Bertz CT molecular complexity index is 297. The van der Waals surface area contributed by atoms with Gasteiger partial charge in [-0.1, -0.05) is 24.4 Å². The van der Waals surface area contributed by atoms with Gasteiger partial charge in [-0.25, -0.2) is 0 Å². The number of rotatable bonds is 4. The summed E-state index contributed by atoms with van der Waals surface area (Å²) in [6.07, 6.45) is 0.739. The lowest BCUT2D eigenvalue weighted by Gasteiger charge is -2.05. The highest BCUT2D eigenvalue weighted by atomic mass is 32.1. The maximum absolute atomic E-state index is 5.38. The molecule has 3 heteroatoms. The molecule has 0 aliphatic carbocycles. The molecule has 0 amide bonds. The lowest BCUT2D eigenvalue weighted by atomic mass is 10.2. The van der Waals surface area contributed by atoms with E-state index in [1.807, 2.05) is 12.1 Å². The fourth-order valence-electron chi connectivity index (χ4n) is 1.09. The molecule has 1 aromatic carbocycles. The highest BCUT2D eigenvalue weighted by Gasteiger charge is 1.92. The van der Waals surface area contributed by atoms with Crippen molar-refractivity contribution in [2.75, 3.05) is 11.9 Å². The number of thiocarbonyl (C=S) groups is 1. The van der Waals surface area contributed by atoms with Crippen molar-refractivity contribution in [3.05, 3.63) is 29.8 Å². The molecule has 1 rings (SSSR count). The predicted octanol–water partition coefficient (Wildman–Crippen LogP) is 2.08. The standard InChI is InChI=1S/C10H14N2S/c1-8-3-2-4-9(7-8)12-6-5-10(11)13/h2-4,7,12H,5-6H2,1H3,(H2,11,13). The minimum Gasteiger partial charge on any atom is -0.393 e. The molecule has 0 bridgehead atoms. The molecule has 0 fully saturated rings. The summed E-state index contributed by atoms with van der Waals surface area (Å²) >= 11 is 4.77. The second kappa shape index (κ2) is 4.82. The highest BCUT2D eigenvalue weighted by Crippen LogP contribution is 2.08. The van der Waals surface area contributed by atoms with E-state index in [0.29, 0.717) is 4.99 Å². The Morgan fingerprint density at radius 1 is 1.54 bits per heavy atom. The van der Waals surface area contributed by atoms with Crippen LogP contribution in [-0.2, 0) is 0 Å². The molecule has 0 aliphatic heterocycles. The molecule has 0 saturated heterocycles. The maximum Gasteiger partial charge on any atom is 0.0745 e. The van der Waals surface area contributed by atoms with Gasteiger partial charge in [-0.2, -0.15) is 0 Å². The summed E-state index contributed by atoms with van der Waals surface area (Å²) in [7, 11) is 0. The molecule has 0 radical (unpaired) electrons. The summed E-state index contributed by atoms with van der Waals surface area (Å²) in [6, 6.07) is 8.23. The monoisotopic (exact) mass is 194 g/mol. The third-order valence-electron chi connectivity index (χ3n) is 1.72. The Morgan fingerprint density at radius 2 is 2.31 bits per heavy atom. The highest BCUT2D eigenvalue weighted by molar-refractivity contribution is 7.80. The molecule has 0 saturated carbocycles. The number of nitrogens with one attached hydrogen (secondary N) is 1. The minimum atomic E-state index is 0.556. The van der Waals surface area contributed by atoms with E-state index in [2.05, 4.69) is 24.4 Å². The third-order valence-corrected chi connectivity index (χ3v) is 1.92. The molecule has 0 heterocycles. The Kier molecular flexibility index (Phi) is 3.71. The van der Waals surface area contributed by atoms with Gasteiger partial charge in [0, 0.05) is 18.7 Å². The molecule has 3 N–H and O–H groups in total. The van der Waals surface area contributed by atoms with E-state index in [9.17, 15) is 0 Å². The molecule has 0 atom stereocenters. The van der Waals surface area contributed by atoms with Crippen LogP contribution in [0.3, 0.4) is 0 Å². The average molecular weight is 194 g/mol. The van der Waals surface area contributed by atoms with Crippen molar-refractivity contribution in [2.45, 2.75) is 13.3 Å². The first-order chi connectivity index (χ1) is 6.18. The van der Waals surface area contributed by atoms with Gasteiger partial charge in [0.25, 0.3) is 0 Å². The molecule has 0 unspecified atom stereocenters. The quantitative estimate of drug-likeness (QED) is 0.721. The van der Waals surface area contributed by atoms with E-state index < -0.39 is 0 Å². The van der Waals surface area contributed by atoms with Gasteiger partial charge in [-0.15, -0.1) is 0 Å². The van der Waals surface area contributed by atoms with Gasteiger partial charge < -0.3 is 11.1 Å². The Labute approximate surface area is 84.1 Å². The predicted molar refractivity (Wildman–Crippen MR) is 61.1 cm³/mol. The van der Waals surface area contributed by atoms with Crippen molar-refractivity contribution in [3.8, 4) is 0 Å². The van der Waals surface area contributed by atoms with E-state index in [-0.39, 0.29) is 0 Å². The summed E-state index contributed by atoms with van der Waals surface area (Å²) in [4.78, 5) is 0.556. The van der Waals surface area contributed by atoms with Gasteiger partial charge in [-0.3, -0.25) is 0 Å². The van der Waals surface area contributed by atoms with Crippen LogP contribution in [0.25, 0.3) is 0 Å². The number of hydrogen-bond donors (Lipinski definition) is 2. The van der Waals surface area contributed by atoms with Crippen molar-refractivity contribution in [1.82, 2.24) is 0 Å². The van der Waals surface area contributed by atoms with Gasteiger partial charge in [0.1, 0.15) is 0 Å². The number of benzene rings is 1. The smallest absolute Gasteiger partial charge is 0.0745 e. The first-order valence-corrected chi connectivity index (χ1v) is 4.68. The lowest BCUT2D eigenvalue weighted by Crippen LogP contribution is -2.13. The number of aryl methyl sites for hydroxylation is 1. The van der Waals surface area contributed by atoms with Crippen LogP contribution in [0.1, 0.15) is 12.0 Å². The Morgan fingerprint density at radius 3 is 2.92 bits per heavy atom. The average Bonchev–Trinajstić information content (AvgIpc) is 2.03. The minimum absolute atomic E-state index is 0.556. The molecule has 1 aromatic rings. The molecule has 70 valence electrons. The van der Waals surface area contributed by atoms with Crippen molar-refractivity contribution in [2.24, 2.45) is 5.73 Å². The van der Waals surface area contributed by atoms with Crippen LogP contribution in [-0.4, -0.2) is 11.5 Å². The zero-order valence-corrected chi connectivity index (χ0v) is 8.53. The second-order valence-corrected chi connectivity index (χ2v) is 3.54. The van der Waals surface area contributed by atoms with Crippen LogP contribution in [0.15, 0.2) is 24.3 Å². The second-order valence-electron chi connectivity index (χ2n) is 3.01. The number of anilines is 1. The summed E-state index contributed by atoms with van der Waals surface area (Å²) < 4.78 is 0. The SMILES string of the molecule is Cc1cccc(NCCC(N)=S)c1. The summed E-state index contributed by atoms with van der Waals surface area (Å²) in [5.41, 5.74) is 7.75. The Hall–Kier alpha value is -1.09. The topological polar surface area (TPSA) is 38.0 Å². The van der Waals surface area contributed by atoms with E-state index in [4.69, 9.17) is 18.0 Å². The van der Waals surface area contributed by atoms with Gasteiger partial charge in [-0.05, 0) is 24.6 Å². The normalized spacial score (nSPS) is 9.62. The molecule has 0 spiro atoms. The van der Waals surface area contributed by atoms with Crippen LogP contribution in [0.4, 0.5) is 5.69 Å². The molecule has 0 aliphatic rings. The van der Waals surface area contributed by atoms with Crippen molar-refractivity contribution < 1.29 is 0 Å². The third kappa shape index (κ3) is 3.90. The van der Waals surface area contributed by atoms with Crippen LogP contribution in [0.2, 0.25) is 0 Å². The van der Waals surface area contributed by atoms with E-state index in [0.717, 1.165) is 18.7 Å². The number of nitrogens with two attached hydrogens (primary N) is 1. The number of hydrogen-bond acceptors (Lipinski definition) is 2. The molecule has 13 heavy (non-hydrogen) atoms. The van der Waals surface area contributed by atoms with Crippen molar-refractivity contribution >= 4 is 22.9 Å². The summed E-state index contributed by atoms with van der Waals surface area (Å²) in [5.74, 6) is 0. The molecular formula is C10H14N2S. The van der Waals surface area contributed by atoms with Gasteiger partial charge >= 0.3 is 0 Å². The van der Waals surface area contributed by atoms with E-state index in [1.165, 1.54) is 5.56 Å². The fraction of sp³-hybridized carbons (Fsp3) is 0.300. The zero-order chi connectivity index (χ0) is 9.68. The van der Waals surface area contributed by atoms with Crippen LogP contribution in [0.5, 0.6) is 0 Å². The first-order valence-electron chi connectivity index (χ1n) is 4.27. The largest absolute Gasteiger partial charge is 0.393 e. The maximum atomic E-state index is 5.38. The molecule has 0 aromatic heterocycles. The molecule has 2 nitrogen and oxygen atoms in total. The van der Waals surface area contributed by atoms with Crippen molar-refractivity contribution in [1.29, 1.82) is 0 Å². The van der Waals surface area contributed by atoms with Crippen LogP contribution >= 0.6 is 12.2 Å². The summed E-state index contributed by atoms with van der Waals surface area (Å²) in [5, 5.41) is 3.25. The van der Waals surface area contributed by atoms with Crippen LogP contribution < -0.4 is 11.1 Å². The van der Waals surface area contributed by atoms with Gasteiger partial charge in [0.05, 0.1) is 4.99 Å². The zero-order valence-electron chi connectivity index (χ0n) is 7.71. The van der Waals surface area contributed by atoms with E-state index >= 15 is 0 Å². The van der Waals surface area contributed by atoms with Crippen LogP contribution in [0, 0.1) is 6.92 Å². The van der Waals surface area contributed by atoms with Gasteiger partial charge in [0.15, 0.2) is 0 Å². The molecular weight excluding hydrogens is 180 g/mol. The van der Waals surface area contributed by atoms with Gasteiger partial charge in [0.2, 0.25) is 0 Å². The Balaban J connectivity index is 2.41. The fourth-order valence-corrected chi connectivity index (χ4v) is 1.19. The lowest BCUT2D eigenvalue weighted by molar-refractivity contribution is 1.11.